The molecule has 196 valence electrons. The van der Waals surface area contributed by atoms with E-state index in [2.05, 4.69) is 33.4 Å². The van der Waals surface area contributed by atoms with Crippen LogP contribution in [0.3, 0.4) is 0 Å². The molecule has 0 unspecified atom stereocenters. The summed E-state index contributed by atoms with van der Waals surface area (Å²) in [5, 5.41) is 23.2. The van der Waals surface area contributed by atoms with Crippen molar-refractivity contribution in [2.24, 2.45) is 0 Å². The van der Waals surface area contributed by atoms with E-state index >= 15 is 0 Å². The quantitative estimate of drug-likeness (QED) is 0.169. The van der Waals surface area contributed by atoms with E-state index in [0.717, 1.165) is 58.4 Å². The van der Waals surface area contributed by atoms with Crippen molar-refractivity contribution >= 4 is 34.8 Å². The normalized spacial score (nSPS) is 15.0. The van der Waals surface area contributed by atoms with Gasteiger partial charge in [-0.25, -0.2) is 0 Å². The summed E-state index contributed by atoms with van der Waals surface area (Å²) in [6.07, 6.45) is 7.85. The molecule has 0 bridgehead atoms. The number of hydrogen-bond donors (Lipinski definition) is 4. The zero-order valence-electron chi connectivity index (χ0n) is 21.9. The van der Waals surface area contributed by atoms with Crippen LogP contribution in [0.4, 0.5) is 5.69 Å². The Morgan fingerprint density at radius 2 is 1.78 bits per heavy atom. The Hall–Kier alpha value is -3.81. The van der Waals surface area contributed by atoms with Crippen LogP contribution in [0, 0.1) is 10.8 Å². The van der Waals surface area contributed by atoms with Gasteiger partial charge in [-0.2, -0.15) is 0 Å². The number of nitrogens with zero attached hydrogens (tertiary/aromatic N) is 1. The van der Waals surface area contributed by atoms with Crippen LogP contribution in [0.1, 0.15) is 64.0 Å². The average molecular weight is 504 g/mol. The maximum absolute atomic E-state index is 9.70. The van der Waals surface area contributed by atoms with Crippen LogP contribution in [0.5, 0.6) is 5.75 Å². The summed E-state index contributed by atoms with van der Waals surface area (Å²) < 4.78 is 13.6. The van der Waals surface area contributed by atoms with Gasteiger partial charge in [-0.3, -0.25) is 15.6 Å². The molecule has 0 saturated heterocycles. The lowest BCUT2D eigenvalue weighted by atomic mass is 9.92. The molecule has 37 heavy (non-hydrogen) atoms. The smallest absolute Gasteiger partial charge is 0.223 e. The molecule has 8 nitrogen and oxygen atoms in total. The Bertz CT molecular complexity index is 1260. The van der Waals surface area contributed by atoms with Crippen molar-refractivity contribution < 1.29 is 14.3 Å². The number of benzene rings is 2. The van der Waals surface area contributed by atoms with Gasteiger partial charge in [0.15, 0.2) is 5.90 Å². The van der Waals surface area contributed by atoms with Gasteiger partial charge in [0, 0.05) is 43.2 Å². The van der Waals surface area contributed by atoms with Crippen molar-refractivity contribution in [3.63, 3.8) is 0 Å². The van der Waals surface area contributed by atoms with Gasteiger partial charge in [0.1, 0.15) is 5.75 Å². The van der Waals surface area contributed by atoms with Gasteiger partial charge in [-0.1, -0.05) is 12.1 Å². The molecule has 1 aromatic heterocycles. The lowest BCUT2D eigenvalue weighted by molar-refractivity contribution is -0.110. The van der Waals surface area contributed by atoms with Gasteiger partial charge in [0.2, 0.25) is 12.3 Å². The van der Waals surface area contributed by atoms with Crippen LogP contribution in [0.2, 0.25) is 0 Å². The predicted octanol–water partition coefficient (Wildman–Crippen LogP) is 6.10. The van der Waals surface area contributed by atoms with Gasteiger partial charge in [0.25, 0.3) is 0 Å². The largest absolute Gasteiger partial charge is 0.494 e. The molecule has 2 saturated carbocycles. The van der Waals surface area contributed by atoms with Crippen molar-refractivity contribution in [1.29, 1.82) is 10.8 Å². The summed E-state index contributed by atoms with van der Waals surface area (Å²) in [7, 11) is 1.90. The lowest BCUT2D eigenvalue weighted by Gasteiger charge is -2.30. The Morgan fingerprint density at radius 1 is 1.08 bits per heavy atom. The molecule has 0 atom stereocenters. The molecule has 2 fully saturated rings. The molecule has 0 spiro atoms. The molecule has 0 aliphatic heterocycles. The standard InChI is InChI=1S/C24H28N4O2.C5H9NO/c1-4-29-19-12-13-20-21(14-19)28(18-6-5-7-18)23(22(20)24(26)30-15(2)25)16-8-10-17(27-3)11-9-16;7-4-6-5-2-1-3-5/h8-14,18,25-27H,4-7H2,1-3H3;4-5H,1-3H2,(H,6,7). The van der Waals surface area contributed by atoms with E-state index in [4.69, 9.17) is 20.3 Å². The van der Waals surface area contributed by atoms with Gasteiger partial charge < -0.3 is 24.7 Å². The predicted molar refractivity (Wildman–Crippen MR) is 149 cm³/mol. The zero-order chi connectivity index (χ0) is 26.4. The number of ether oxygens (including phenoxy) is 2. The minimum absolute atomic E-state index is 0.00225. The van der Waals surface area contributed by atoms with Crippen molar-refractivity contribution in [3.05, 3.63) is 48.0 Å². The molecule has 2 aromatic carbocycles. The monoisotopic (exact) mass is 503 g/mol. The Balaban J connectivity index is 0.000000396. The van der Waals surface area contributed by atoms with Gasteiger partial charge in [-0.05, 0) is 75.3 Å². The van der Waals surface area contributed by atoms with Crippen LogP contribution in [0.25, 0.3) is 22.2 Å². The van der Waals surface area contributed by atoms with E-state index in [1.807, 2.05) is 38.2 Å². The Kier molecular flexibility index (Phi) is 8.48. The van der Waals surface area contributed by atoms with Crippen LogP contribution in [0.15, 0.2) is 42.5 Å². The van der Waals surface area contributed by atoms with E-state index in [1.54, 1.807) is 6.92 Å². The average Bonchev–Trinajstić information content (AvgIpc) is 3.15. The number of anilines is 1. The number of hydrogen-bond acceptors (Lipinski definition) is 6. The van der Waals surface area contributed by atoms with E-state index in [0.29, 0.717) is 18.7 Å². The molecule has 3 aromatic rings. The second-order valence-corrected chi connectivity index (χ2v) is 9.52. The van der Waals surface area contributed by atoms with Crippen LogP contribution in [-0.4, -0.2) is 42.5 Å². The van der Waals surface area contributed by atoms with E-state index in [1.165, 1.54) is 25.7 Å². The lowest BCUT2D eigenvalue weighted by Crippen LogP contribution is -2.33. The van der Waals surface area contributed by atoms with Crippen LogP contribution >= 0.6 is 0 Å². The topological polar surface area (TPSA) is 112 Å². The highest BCUT2D eigenvalue weighted by atomic mass is 16.5. The summed E-state index contributed by atoms with van der Waals surface area (Å²) in [4.78, 5) is 9.70. The molecule has 2 aliphatic carbocycles. The summed E-state index contributed by atoms with van der Waals surface area (Å²) >= 11 is 0. The number of amides is 1. The van der Waals surface area contributed by atoms with Gasteiger partial charge >= 0.3 is 0 Å². The fourth-order valence-corrected chi connectivity index (χ4v) is 4.75. The first-order chi connectivity index (χ1) is 18.0. The Labute approximate surface area is 218 Å². The minimum atomic E-state index is 0.00225. The number of carbonyl (C=O) groups excluding carboxylic acids is 1. The molecule has 4 N–H and O–H groups in total. The molecule has 1 heterocycles. The number of rotatable bonds is 8. The van der Waals surface area contributed by atoms with Crippen molar-refractivity contribution in [1.82, 2.24) is 9.88 Å². The first kappa shape index (κ1) is 26.3. The first-order valence-corrected chi connectivity index (χ1v) is 13.1. The number of fused-ring (bicyclic) bond motifs is 1. The Morgan fingerprint density at radius 3 is 2.27 bits per heavy atom. The first-order valence-electron chi connectivity index (χ1n) is 13.1. The molecule has 2 aliphatic rings. The molecule has 8 heteroatoms. The fraction of sp³-hybridized carbons (Fsp3) is 0.414. The minimum Gasteiger partial charge on any atom is -0.494 e. The number of nitrogens with one attached hydrogen (secondary N) is 4. The number of aromatic nitrogens is 1. The second kappa shape index (κ2) is 12.0. The maximum atomic E-state index is 9.70. The fourth-order valence-electron chi connectivity index (χ4n) is 4.75. The second-order valence-electron chi connectivity index (χ2n) is 9.52. The van der Waals surface area contributed by atoms with Crippen LogP contribution in [-0.2, 0) is 9.53 Å². The van der Waals surface area contributed by atoms with Crippen LogP contribution < -0.4 is 15.4 Å². The summed E-state index contributed by atoms with van der Waals surface area (Å²) in [5.41, 5.74) is 4.80. The molecule has 5 rings (SSSR count). The third-order valence-electron chi connectivity index (χ3n) is 7.06. The molecule has 0 radical (unpaired) electrons. The zero-order valence-corrected chi connectivity index (χ0v) is 21.9. The third-order valence-corrected chi connectivity index (χ3v) is 7.06. The molecule has 1 amide bonds. The number of carbonyl (C=O) groups is 1. The molecular weight excluding hydrogens is 466 g/mol. The summed E-state index contributed by atoms with van der Waals surface area (Å²) in [6, 6.07) is 15.1. The van der Waals surface area contributed by atoms with Crippen molar-refractivity contribution in [3.8, 4) is 17.0 Å². The van der Waals surface area contributed by atoms with Crippen molar-refractivity contribution in [2.75, 3.05) is 19.0 Å². The van der Waals surface area contributed by atoms with Crippen molar-refractivity contribution in [2.45, 2.75) is 64.5 Å². The highest BCUT2D eigenvalue weighted by Gasteiger charge is 2.30. The highest BCUT2D eigenvalue weighted by molar-refractivity contribution is 6.14. The SMILES string of the molecule is CCOc1ccc2c(C(=N)OC(C)=N)c(-c3ccc(NC)cc3)n(C3CCC3)c2c1.O=CNC1CCC1. The van der Waals surface area contributed by atoms with Gasteiger partial charge in [0.05, 0.1) is 23.4 Å². The molecular formula is C29H37N5O3. The van der Waals surface area contributed by atoms with Gasteiger partial charge in [-0.15, -0.1) is 0 Å². The summed E-state index contributed by atoms with van der Waals surface area (Å²) in [5.74, 6) is 0.830. The summed E-state index contributed by atoms with van der Waals surface area (Å²) in [6.45, 7) is 4.13. The highest BCUT2D eigenvalue weighted by Crippen LogP contribution is 2.44. The maximum Gasteiger partial charge on any atom is 0.223 e. The van der Waals surface area contributed by atoms with E-state index in [9.17, 15) is 4.79 Å². The van der Waals surface area contributed by atoms with E-state index < -0.39 is 0 Å². The third kappa shape index (κ3) is 5.79. The van der Waals surface area contributed by atoms with E-state index in [-0.39, 0.29) is 11.8 Å².